The summed E-state index contributed by atoms with van der Waals surface area (Å²) in [5.74, 6) is 1.14. The molecule has 0 radical (unpaired) electrons. The topological polar surface area (TPSA) is 87.6 Å². The van der Waals surface area contributed by atoms with Crippen LogP contribution in [0.1, 0.15) is 11.1 Å². The summed E-state index contributed by atoms with van der Waals surface area (Å²) in [6, 6.07) is 5.68. The normalized spacial score (nSPS) is 14.6. The van der Waals surface area contributed by atoms with Crippen LogP contribution in [0.5, 0.6) is 0 Å². The van der Waals surface area contributed by atoms with Gasteiger partial charge in [0.15, 0.2) is 5.65 Å². The molecule has 1 aliphatic rings. The van der Waals surface area contributed by atoms with Gasteiger partial charge in [-0.2, -0.15) is 4.98 Å². The average molecular weight is 359 g/mol. The molecule has 3 N–H and O–H groups in total. The number of anilines is 1. The molecule has 2 aromatic heterocycles. The van der Waals surface area contributed by atoms with E-state index in [1.807, 2.05) is 25.1 Å². The number of rotatable bonds is 5. The summed E-state index contributed by atoms with van der Waals surface area (Å²) in [5.41, 5.74) is 3.08. The minimum atomic E-state index is -0.205. The second-order valence-electron chi connectivity index (χ2n) is 6.42. The summed E-state index contributed by atoms with van der Waals surface area (Å²) in [7, 11) is 0. The van der Waals surface area contributed by atoms with Crippen molar-refractivity contribution in [2.24, 2.45) is 5.92 Å². The standard InChI is InChI=1S/C17H19ClN6O/c1-10-2-3-13(18)4-12(10)9-24-15-14(22-17(24)25)8-21-16(23-15)20-7-11-5-19-6-11/h2-4,8,11,19H,5-7,9H2,1H3,(H,22,25)(H,20,21,23). The third kappa shape index (κ3) is 3.25. The third-order valence-corrected chi connectivity index (χ3v) is 4.80. The molecule has 3 aromatic rings. The highest BCUT2D eigenvalue weighted by atomic mass is 35.5. The first-order chi connectivity index (χ1) is 12.1. The summed E-state index contributed by atoms with van der Waals surface area (Å²) < 4.78 is 1.62. The van der Waals surface area contributed by atoms with Gasteiger partial charge in [0.1, 0.15) is 5.52 Å². The van der Waals surface area contributed by atoms with E-state index in [2.05, 4.69) is 25.6 Å². The van der Waals surface area contributed by atoms with Gasteiger partial charge in [-0.15, -0.1) is 0 Å². The van der Waals surface area contributed by atoms with Gasteiger partial charge >= 0.3 is 5.69 Å². The Morgan fingerprint density at radius 2 is 2.24 bits per heavy atom. The number of H-pyrrole nitrogens is 1. The van der Waals surface area contributed by atoms with E-state index in [-0.39, 0.29) is 5.69 Å². The van der Waals surface area contributed by atoms with Crippen LogP contribution < -0.4 is 16.3 Å². The minimum Gasteiger partial charge on any atom is -0.354 e. The molecule has 4 rings (SSSR count). The number of aromatic nitrogens is 4. The molecule has 1 saturated heterocycles. The van der Waals surface area contributed by atoms with E-state index in [4.69, 9.17) is 11.6 Å². The van der Waals surface area contributed by atoms with Gasteiger partial charge in [-0.25, -0.2) is 9.78 Å². The Hall–Kier alpha value is -2.38. The van der Waals surface area contributed by atoms with Crippen LogP contribution in [0.15, 0.2) is 29.2 Å². The number of aromatic amines is 1. The van der Waals surface area contributed by atoms with Crippen LogP contribution in [-0.4, -0.2) is 39.2 Å². The predicted octanol–water partition coefficient (Wildman–Crippen LogP) is 1.76. The Kier molecular flexibility index (Phi) is 4.19. The first-order valence-electron chi connectivity index (χ1n) is 8.25. The quantitative estimate of drug-likeness (QED) is 0.647. The molecule has 130 valence electrons. The van der Waals surface area contributed by atoms with Crippen LogP contribution in [0.3, 0.4) is 0 Å². The molecule has 0 spiro atoms. The van der Waals surface area contributed by atoms with E-state index < -0.39 is 0 Å². The summed E-state index contributed by atoms with van der Waals surface area (Å²) in [4.78, 5) is 24.0. The largest absolute Gasteiger partial charge is 0.354 e. The number of halogens is 1. The molecule has 8 heteroatoms. The maximum absolute atomic E-state index is 12.4. The zero-order valence-corrected chi connectivity index (χ0v) is 14.6. The molecule has 0 amide bonds. The van der Waals surface area contributed by atoms with E-state index >= 15 is 0 Å². The van der Waals surface area contributed by atoms with Crippen LogP contribution in [0.2, 0.25) is 5.02 Å². The zero-order valence-electron chi connectivity index (χ0n) is 13.8. The van der Waals surface area contributed by atoms with Gasteiger partial charge in [-0.05, 0) is 30.2 Å². The fraction of sp³-hybridized carbons (Fsp3) is 0.353. The van der Waals surface area contributed by atoms with E-state index in [0.717, 1.165) is 30.8 Å². The zero-order chi connectivity index (χ0) is 17.4. The lowest BCUT2D eigenvalue weighted by atomic mass is 10.0. The predicted molar refractivity (Wildman–Crippen MR) is 98.3 cm³/mol. The highest BCUT2D eigenvalue weighted by Gasteiger charge is 2.17. The lowest BCUT2D eigenvalue weighted by Gasteiger charge is -2.26. The monoisotopic (exact) mass is 358 g/mol. The van der Waals surface area contributed by atoms with E-state index in [1.165, 1.54) is 0 Å². The van der Waals surface area contributed by atoms with Crippen molar-refractivity contribution in [3.05, 3.63) is 51.0 Å². The summed E-state index contributed by atoms with van der Waals surface area (Å²) in [6.45, 7) is 5.26. The highest BCUT2D eigenvalue weighted by molar-refractivity contribution is 6.30. The van der Waals surface area contributed by atoms with Crippen molar-refractivity contribution in [2.75, 3.05) is 25.0 Å². The van der Waals surface area contributed by atoms with Crippen LogP contribution in [0.4, 0.5) is 5.95 Å². The summed E-state index contributed by atoms with van der Waals surface area (Å²) >= 11 is 6.09. The van der Waals surface area contributed by atoms with Crippen molar-refractivity contribution < 1.29 is 0 Å². The fourth-order valence-corrected chi connectivity index (χ4v) is 3.08. The van der Waals surface area contributed by atoms with Crippen LogP contribution in [0, 0.1) is 12.8 Å². The Labute approximate surface area is 149 Å². The maximum atomic E-state index is 12.4. The van der Waals surface area contributed by atoms with Gasteiger partial charge < -0.3 is 15.6 Å². The van der Waals surface area contributed by atoms with Gasteiger partial charge in [-0.3, -0.25) is 4.57 Å². The average Bonchev–Trinajstić information content (AvgIpc) is 2.85. The van der Waals surface area contributed by atoms with Gasteiger partial charge in [-0.1, -0.05) is 17.7 Å². The lowest BCUT2D eigenvalue weighted by Crippen LogP contribution is -2.45. The molecule has 3 heterocycles. The molecule has 0 saturated carbocycles. The number of hydrogen-bond donors (Lipinski definition) is 3. The van der Waals surface area contributed by atoms with Gasteiger partial charge in [0.05, 0.1) is 12.7 Å². The second-order valence-corrected chi connectivity index (χ2v) is 6.86. The minimum absolute atomic E-state index is 0.205. The first-order valence-corrected chi connectivity index (χ1v) is 8.63. The molecule has 0 aliphatic carbocycles. The number of aryl methyl sites for hydroxylation is 1. The van der Waals surface area contributed by atoms with E-state index in [1.54, 1.807) is 10.8 Å². The molecule has 7 nitrogen and oxygen atoms in total. The summed E-state index contributed by atoms with van der Waals surface area (Å²) in [5, 5.41) is 7.13. The number of nitrogens with zero attached hydrogens (tertiary/aromatic N) is 3. The third-order valence-electron chi connectivity index (χ3n) is 4.57. The number of imidazole rings is 1. The molecule has 0 bridgehead atoms. The SMILES string of the molecule is Cc1ccc(Cl)cc1Cn1c(=O)[nH]c2cnc(NCC3CNC3)nc21. The van der Waals surface area contributed by atoms with E-state index in [9.17, 15) is 4.79 Å². The second kappa shape index (κ2) is 6.50. The Morgan fingerprint density at radius 1 is 1.40 bits per heavy atom. The van der Waals surface area contributed by atoms with Crippen molar-refractivity contribution in [2.45, 2.75) is 13.5 Å². The van der Waals surface area contributed by atoms with Crippen molar-refractivity contribution in [1.82, 2.24) is 24.8 Å². The highest BCUT2D eigenvalue weighted by Crippen LogP contribution is 2.18. The molecule has 1 aliphatic heterocycles. The van der Waals surface area contributed by atoms with Gasteiger partial charge in [0.2, 0.25) is 5.95 Å². The van der Waals surface area contributed by atoms with Crippen molar-refractivity contribution in [3.63, 3.8) is 0 Å². The molecular weight excluding hydrogens is 340 g/mol. The van der Waals surface area contributed by atoms with Gasteiger partial charge in [0.25, 0.3) is 0 Å². The molecule has 1 fully saturated rings. The number of fused-ring (bicyclic) bond motifs is 1. The van der Waals surface area contributed by atoms with Crippen molar-refractivity contribution >= 4 is 28.7 Å². The smallest absolute Gasteiger partial charge is 0.328 e. The van der Waals surface area contributed by atoms with Crippen molar-refractivity contribution in [1.29, 1.82) is 0 Å². The van der Waals surface area contributed by atoms with Crippen LogP contribution >= 0.6 is 11.6 Å². The van der Waals surface area contributed by atoms with Crippen molar-refractivity contribution in [3.8, 4) is 0 Å². The number of nitrogens with one attached hydrogen (secondary N) is 3. The number of hydrogen-bond acceptors (Lipinski definition) is 5. The van der Waals surface area contributed by atoms with Gasteiger partial charge in [0, 0.05) is 30.6 Å². The fourth-order valence-electron chi connectivity index (χ4n) is 2.89. The lowest BCUT2D eigenvalue weighted by molar-refractivity contribution is 0.365. The van der Waals surface area contributed by atoms with E-state index in [0.29, 0.717) is 34.6 Å². The Morgan fingerprint density at radius 3 is 3.00 bits per heavy atom. The molecule has 1 aromatic carbocycles. The Balaban J connectivity index is 1.66. The molecular formula is C17H19ClN6O. The Bertz CT molecular complexity index is 975. The van der Waals surface area contributed by atoms with Crippen LogP contribution in [-0.2, 0) is 6.54 Å². The summed E-state index contributed by atoms with van der Waals surface area (Å²) in [6.07, 6.45) is 1.65. The number of benzene rings is 1. The maximum Gasteiger partial charge on any atom is 0.328 e. The van der Waals surface area contributed by atoms with Crippen LogP contribution in [0.25, 0.3) is 11.2 Å². The molecule has 0 atom stereocenters. The first kappa shape index (κ1) is 16.1. The molecule has 25 heavy (non-hydrogen) atoms. The molecule has 0 unspecified atom stereocenters.